The molecule has 1 N–H and O–H groups in total. The predicted molar refractivity (Wildman–Crippen MR) is 66.1 cm³/mol. The zero-order chi connectivity index (χ0) is 13.8. The van der Waals surface area contributed by atoms with Gasteiger partial charge in [0.15, 0.2) is 0 Å². The quantitative estimate of drug-likeness (QED) is 0.787. The number of ether oxygens (including phenoxy) is 1. The van der Waals surface area contributed by atoms with Crippen molar-refractivity contribution in [3.05, 3.63) is 34.7 Å². The summed E-state index contributed by atoms with van der Waals surface area (Å²) < 4.78 is 5.04. The molecule has 0 radical (unpaired) electrons. The molecule has 0 bridgehead atoms. The Morgan fingerprint density at radius 3 is 2.74 bits per heavy atom. The first kappa shape index (κ1) is 13.2. The highest BCUT2D eigenvalue weighted by Gasteiger charge is 2.25. The smallest absolute Gasteiger partial charge is 0.290 e. The van der Waals surface area contributed by atoms with Gasteiger partial charge in [-0.2, -0.15) is 0 Å². The highest BCUT2D eigenvalue weighted by molar-refractivity contribution is 8.18. The van der Waals surface area contributed by atoms with Gasteiger partial charge in [-0.05, 0) is 23.9 Å². The standard InChI is InChI=1S/C12H9NO5S/c14-10(15)6-18-8-4-2-1-3-7(8)5-9-11(16)13-12(17)19-9/h1-5H,6H2,(H,14,15)(H,13,16,17)/p-1/b9-5-. The fourth-order valence-corrected chi connectivity index (χ4v) is 2.10. The molecule has 1 heterocycles. The largest absolute Gasteiger partial charge is 0.546 e. The van der Waals surface area contributed by atoms with Crippen LogP contribution in [-0.4, -0.2) is 23.7 Å². The van der Waals surface area contributed by atoms with Gasteiger partial charge in [-0.25, -0.2) is 0 Å². The number of carboxylic acid groups (broad SMARTS) is 1. The first-order valence-corrected chi connectivity index (χ1v) is 6.04. The number of carbonyl (C=O) groups is 3. The second-order valence-electron chi connectivity index (χ2n) is 3.55. The molecule has 0 unspecified atom stereocenters. The Balaban J connectivity index is 2.25. The van der Waals surface area contributed by atoms with Crippen LogP contribution in [0.5, 0.6) is 5.75 Å². The van der Waals surface area contributed by atoms with E-state index in [9.17, 15) is 19.5 Å². The Labute approximate surface area is 112 Å². The molecule has 6 nitrogen and oxygen atoms in total. The molecule has 0 aromatic heterocycles. The summed E-state index contributed by atoms with van der Waals surface area (Å²) >= 11 is 0.779. The number of amides is 2. The van der Waals surface area contributed by atoms with Crippen LogP contribution in [-0.2, 0) is 9.59 Å². The molecular formula is C12H8NO5S-. The van der Waals surface area contributed by atoms with Gasteiger partial charge in [0, 0.05) is 5.56 Å². The van der Waals surface area contributed by atoms with Gasteiger partial charge in [0.2, 0.25) is 0 Å². The van der Waals surface area contributed by atoms with Crippen molar-refractivity contribution >= 4 is 35.0 Å². The van der Waals surface area contributed by atoms with Crippen LogP contribution >= 0.6 is 11.8 Å². The van der Waals surface area contributed by atoms with E-state index in [1.54, 1.807) is 24.3 Å². The lowest BCUT2D eigenvalue weighted by molar-refractivity contribution is -0.307. The first-order chi connectivity index (χ1) is 9.06. The van der Waals surface area contributed by atoms with Crippen molar-refractivity contribution in [2.24, 2.45) is 0 Å². The monoisotopic (exact) mass is 278 g/mol. The van der Waals surface area contributed by atoms with Gasteiger partial charge in [-0.1, -0.05) is 18.2 Å². The van der Waals surface area contributed by atoms with Crippen LogP contribution in [0.2, 0.25) is 0 Å². The van der Waals surface area contributed by atoms with Crippen molar-refractivity contribution < 1.29 is 24.2 Å². The third kappa shape index (κ3) is 3.35. The number of carbonyl (C=O) groups excluding carboxylic acids is 3. The highest BCUT2D eigenvalue weighted by Crippen LogP contribution is 2.28. The van der Waals surface area contributed by atoms with Crippen LogP contribution in [0, 0.1) is 0 Å². The number of carboxylic acids is 1. The summed E-state index contributed by atoms with van der Waals surface area (Å²) in [4.78, 5) is 33.0. The Hall–Kier alpha value is -2.28. The van der Waals surface area contributed by atoms with Gasteiger partial charge in [-0.15, -0.1) is 0 Å². The molecule has 19 heavy (non-hydrogen) atoms. The normalized spacial score (nSPS) is 16.5. The molecule has 1 aliphatic heterocycles. The average Bonchev–Trinajstić information content (AvgIpc) is 2.67. The molecule has 0 aliphatic carbocycles. The molecule has 2 rings (SSSR count). The Kier molecular flexibility index (Phi) is 3.86. The maximum absolute atomic E-state index is 11.4. The first-order valence-electron chi connectivity index (χ1n) is 5.23. The molecule has 1 aromatic rings. The number of benzene rings is 1. The lowest BCUT2D eigenvalue weighted by atomic mass is 10.2. The number of para-hydroxylation sites is 1. The van der Waals surface area contributed by atoms with E-state index in [1.165, 1.54) is 6.08 Å². The molecule has 0 spiro atoms. The van der Waals surface area contributed by atoms with E-state index >= 15 is 0 Å². The molecule has 1 fully saturated rings. The third-order valence-electron chi connectivity index (χ3n) is 2.19. The van der Waals surface area contributed by atoms with E-state index in [2.05, 4.69) is 5.32 Å². The van der Waals surface area contributed by atoms with Crippen LogP contribution in [0.1, 0.15) is 5.56 Å². The fourth-order valence-electron chi connectivity index (χ4n) is 1.43. The van der Waals surface area contributed by atoms with E-state index in [0.29, 0.717) is 11.3 Å². The molecule has 1 saturated heterocycles. The molecule has 0 saturated carbocycles. The van der Waals surface area contributed by atoms with Crippen molar-refractivity contribution in [1.29, 1.82) is 0 Å². The maximum atomic E-state index is 11.4. The minimum Gasteiger partial charge on any atom is -0.546 e. The zero-order valence-electron chi connectivity index (χ0n) is 9.54. The van der Waals surface area contributed by atoms with Crippen LogP contribution in [0.15, 0.2) is 29.2 Å². The van der Waals surface area contributed by atoms with Gasteiger partial charge in [0.25, 0.3) is 11.1 Å². The van der Waals surface area contributed by atoms with Crippen LogP contribution in [0.25, 0.3) is 6.08 Å². The number of rotatable bonds is 4. The lowest BCUT2D eigenvalue weighted by Crippen LogP contribution is -2.29. The Bertz CT molecular complexity index is 581. The Morgan fingerprint density at radius 2 is 2.11 bits per heavy atom. The van der Waals surface area contributed by atoms with E-state index in [4.69, 9.17) is 4.74 Å². The third-order valence-corrected chi connectivity index (χ3v) is 3.00. The number of nitrogens with one attached hydrogen (secondary N) is 1. The van der Waals surface area contributed by atoms with Crippen LogP contribution < -0.4 is 15.2 Å². The minimum absolute atomic E-state index is 0.231. The zero-order valence-corrected chi connectivity index (χ0v) is 10.4. The van der Waals surface area contributed by atoms with Gasteiger partial charge >= 0.3 is 0 Å². The second kappa shape index (κ2) is 5.57. The SMILES string of the molecule is O=C([O-])COc1ccccc1/C=C1\SC(=O)NC1=O. The van der Waals surface area contributed by atoms with E-state index < -0.39 is 23.7 Å². The van der Waals surface area contributed by atoms with Crippen molar-refractivity contribution in [3.8, 4) is 5.75 Å². The van der Waals surface area contributed by atoms with Gasteiger partial charge in [0.1, 0.15) is 12.4 Å². The summed E-state index contributed by atoms with van der Waals surface area (Å²) in [6, 6.07) is 6.58. The van der Waals surface area contributed by atoms with Crippen LogP contribution in [0.4, 0.5) is 4.79 Å². The van der Waals surface area contributed by atoms with Gasteiger partial charge in [-0.3, -0.25) is 14.9 Å². The highest BCUT2D eigenvalue weighted by atomic mass is 32.2. The summed E-state index contributed by atoms with van der Waals surface area (Å²) in [5.41, 5.74) is 0.510. The van der Waals surface area contributed by atoms with Crippen molar-refractivity contribution in [3.63, 3.8) is 0 Å². The van der Waals surface area contributed by atoms with Crippen LogP contribution in [0.3, 0.4) is 0 Å². The second-order valence-corrected chi connectivity index (χ2v) is 4.57. The summed E-state index contributed by atoms with van der Waals surface area (Å²) in [6.07, 6.45) is 1.47. The molecule has 7 heteroatoms. The predicted octanol–water partition coefficient (Wildman–Crippen LogP) is 0.139. The molecule has 1 aromatic carbocycles. The number of aliphatic carboxylic acids is 1. The number of hydrogen-bond donors (Lipinski definition) is 1. The number of thioether (sulfide) groups is 1. The molecule has 98 valence electrons. The minimum atomic E-state index is -1.34. The molecule has 0 atom stereocenters. The number of imide groups is 1. The summed E-state index contributed by atoms with van der Waals surface area (Å²) in [7, 11) is 0. The topological polar surface area (TPSA) is 95.5 Å². The summed E-state index contributed by atoms with van der Waals surface area (Å²) in [5.74, 6) is -1.53. The van der Waals surface area contributed by atoms with Crippen molar-refractivity contribution in [2.45, 2.75) is 0 Å². The van der Waals surface area contributed by atoms with E-state index in [1.807, 2.05) is 0 Å². The molecule has 2 amide bonds. The molecule has 1 aliphatic rings. The van der Waals surface area contributed by atoms with Crippen molar-refractivity contribution in [1.82, 2.24) is 5.32 Å². The molecular weight excluding hydrogens is 270 g/mol. The summed E-state index contributed by atoms with van der Waals surface area (Å²) in [5, 5.41) is 12.0. The van der Waals surface area contributed by atoms with E-state index in [-0.39, 0.29) is 4.91 Å². The van der Waals surface area contributed by atoms with Crippen molar-refractivity contribution in [2.75, 3.05) is 6.61 Å². The maximum Gasteiger partial charge on any atom is 0.290 e. The lowest BCUT2D eigenvalue weighted by Gasteiger charge is -2.09. The fraction of sp³-hybridized carbons (Fsp3) is 0.0833. The van der Waals surface area contributed by atoms with Gasteiger partial charge < -0.3 is 14.6 Å². The van der Waals surface area contributed by atoms with Gasteiger partial charge in [0.05, 0.1) is 10.9 Å². The number of hydrogen-bond acceptors (Lipinski definition) is 6. The Morgan fingerprint density at radius 1 is 1.37 bits per heavy atom. The van der Waals surface area contributed by atoms with E-state index in [0.717, 1.165) is 11.8 Å². The average molecular weight is 278 g/mol. The summed E-state index contributed by atoms with van der Waals surface area (Å²) in [6.45, 7) is -0.585.